The van der Waals surface area contributed by atoms with Crippen molar-refractivity contribution >= 4 is 16.6 Å². The third kappa shape index (κ3) is 5.08. The summed E-state index contributed by atoms with van der Waals surface area (Å²) in [4.78, 5) is 6.98. The van der Waals surface area contributed by atoms with Gasteiger partial charge in [0.2, 0.25) is 0 Å². The fraction of sp³-hybridized carbons (Fsp3) is 0.500. The fourth-order valence-electron chi connectivity index (χ4n) is 5.75. The molecule has 0 aliphatic carbocycles. The van der Waals surface area contributed by atoms with Crippen LogP contribution >= 0.6 is 0 Å². The van der Waals surface area contributed by atoms with Crippen LogP contribution in [0.5, 0.6) is 0 Å². The van der Waals surface area contributed by atoms with Crippen molar-refractivity contribution in [2.24, 2.45) is 0 Å². The van der Waals surface area contributed by atoms with E-state index in [0.717, 1.165) is 16.6 Å². The van der Waals surface area contributed by atoms with Gasteiger partial charge in [0.25, 0.3) is 5.92 Å². The summed E-state index contributed by atoms with van der Waals surface area (Å²) in [6.45, 7) is 4.27. The van der Waals surface area contributed by atoms with Crippen molar-refractivity contribution in [3.05, 3.63) is 64.9 Å². The van der Waals surface area contributed by atoms with Gasteiger partial charge < -0.3 is 10.3 Å². The normalized spacial score (nSPS) is 21.3. The summed E-state index contributed by atoms with van der Waals surface area (Å²) in [5.41, 5.74) is 2.38. The number of aromatic amines is 1. The third-order valence-corrected chi connectivity index (χ3v) is 7.72. The van der Waals surface area contributed by atoms with E-state index < -0.39 is 30.1 Å². The molecule has 9 heteroatoms. The third-order valence-electron chi connectivity index (χ3n) is 7.72. The Morgan fingerprint density at radius 2 is 1.78 bits per heavy atom. The van der Waals surface area contributed by atoms with Gasteiger partial charge in [-0.05, 0) is 31.5 Å². The first kappa shape index (κ1) is 26.0. The van der Waals surface area contributed by atoms with Crippen LogP contribution in [0.2, 0.25) is 0 Å². The molecule has 0 spiro atoms. The lowest BCUT2D eigenvalue weighted by atomic mass is 9.86. The van der Waals surface area contributed by atoms with Crippen molar-refractivity contribution in [3.8, 4) is 0 Å². The molecule has 0 bridgehead atoms. The van der Waals surface area contributed by atoms with Gasteiger partial charge in [-0.15, -0.1) is 0 Å². The predicted octanol–water partition coefficient (Wildman–Crippen LogP) is 6.28. The maximum atomic E-state index is 15.8. The number of anilines is 1. The second-order valence-corrected chi connectivity index (χ2v) is 10.4. The van der Waals surface area contributed by atoms with E-state index in [1.54, 1.807) is 4.90 Å². The number of likely N-dealkylation sites (tertiary alicyclic amines) is 1. The molecule has 200 valence electrons. The van der Waals surface area contributed by atoms with E-state index in [9.17, 15) is 13.2 Å². The molecule has 3 aromatic rings. The highest BCUT2D eigenvalue weighted by Crippen LogP contribution is 2.45. The van der Waals surface area contributed by atoms with E-state index in [-0.39, 0.29) is 30.7 Å². The quantitative estimate of drug-likeness (QED) is 0.326. The topological polar surface area (TPSA) is 34.3 Å². The molecule has 2 aliphatic heterocycles. The smallest absolute Gasteiger partial charge is 0.260 e. The molecule has 2 atom stereocenters. The van der Waals surface area contributed by atoms with E-state index in [0.29, 0.717) is 43.7 Å². The molecule has 1 saturated heterocycles. The summed E-state index contributed by atoms with van der Waals surface area (Å²) >= 11 is 0. The summed E-state index contributed by atoms with van der Waals surface area (Å²) in [5, 5.41) is 3.93. The summed E-state index contributed by atoms with van der Waals surface area (Å²) in [6.07, 6.45) is 0.582. The second-order valence-electron chi connectivity index (χ2n) is 10.4. The molecule has 5 rings (SSSR count). The monoisotopic (exact) mass is 520 g/mol. The Bertz CT molecular complexity index is 1230. The number of aromatic nitrogens is 1. The van der Waals surface area contributed by atoms with Crippen LogP contribution in [0.1, 0.15) is 49.6 Å². The number of nitrogens with one attached hydrogen (secondary N) is 2. The number of alkyl halides is 3. The number of hydrogen-bond donors (Lipinski definition) is 2. The van der Waals surface area contributed by atoms with Crippen molar-refractivity contribution in [1.29, 1.82) is 0 Å². The minimum Gasteiger partial charge on any atom is -0.380 e. The maximum absolute atomic E-state index is 15.8. The molecule has 2 aromatic carbocycles. The summed E-state index contributed by atoms with van der Waals surface area (Å²) in [6, 6.07) is 8.62. The van der Waals surface area contributed by atoms with Crippen molar-refractivity contribution < 1.29 is 22.0 Å². The van der Waals surface area contributed by atoms with E-state index in [1.807, 2.05) is 31.2 Å². The van der Waals surface area contributed by atoms with Crippen LogP contribution in [0.3, 0.4) is 0 Å². The zero-order valence-electron chi connectivity index (χ0n) is 21.1. The Kier molecular flexibility index (Phi) is 7.20. The molecule has 0 radical (unpaired) electrons. The van der Waals surface area contributed by atoms with Gasteiger partial charge in [0, 0.05) is 71.9 Å². The highest BCUT2D eigenvalue weighted by atomic mass is 19.3. The first-order valence-corrected chi connectivity index (χ1v) is 13.0. The maximum Gasteiger partial charge on any atom is 0.260 e. The van der Waals surface area contributed by atoms with Gasteiger partial charge in [0.05, 0.1) is 25.3 Å². The van der Waals surface area contributed by atoms with Crippen molar-refractivity contribution in [3.63, 3.8) is 0 Å². The largest absolute Gasteiger partial charge is 0.380 e. The Labute approximate surface area is 213 Å². The van der Waals surface area contributed by atoms with E-state index in [4.69, 9.17) is 0 Å². The highest BCUT2D eigenvalue weighted by molar-refractivity contribution is 5.86. The van der Waals surface area contributed by atoms with Crippen molar-refractivity contribution in [2.75, 3.05) is 38.2 Å². The minimum absolute atomic E-state index is 0.0129. The van der Waals surface area contributed by atoms with Crippen LogP contribution in [0, 0.1) is 11.6 Å². The lowest BCUT2D eigenvalue weighted by Gasteiger charge is -2.43. The number of hydrogen-bond acceptors (Lipinski definition) is 3. The summed E-state index contributed by atoms with van der Waals surface area (Å²) in [7, 11) is 0. The van der Waals surface area contributed by atoms with Gasteiger partial charge in [0.1, 0.15) is 11.6 Å². The standard InChI is InChI=1S/C28H33F5N4/c1-3-28(32,33)16-37-17(2)11-24-25(20-7-4-5-8-23(20)35-24)27(37)26-21(30)12-18(13-22(26)31)34-19-14-36(15-19)10-6-9-29/h4-5,7-8,12-13,17,19,27,34-35H,3,6,9-11,14-16H2,1-2H3/t17-,27+/m0/s1. The molecule has 37 heavy (non-hydrogen) atoms. The number of para-hydroxylation sites is 1. The molecule has 4 nitrogen and oxygen atoms in total. The molecule has 0 unspecified atom stereocenters. The number of halogens is 5. The Hall–Kier alpha value is -2.65. The number of benzene rings is 2. The van der Waals surface area contributed by atoms with E-state index in [2.05, 4.69) is 15.2 Å². The SMILES string of the molecule is CCC(F)(F)CN1[C@@H](c2c(F)cc(NC3CN(CCCF)C3)cc2F)c2c([nH]c3ccccc23)C[C@@H]1C. The first-order valence-electron chi connectivity index (χ1n) is 13.0. The highest BCUT2D eigenvalue weighted by Gasteiger charge is 2.43. The molecular formula is C28H33F5N4. The first-order chi connectivity index (χ1) is 17.7. The summed E-state index contributed by atoms with van der Waals surface area (Å²) < 4.78 is 73.3. The predicted molar refractivity (Wildman–Crippen MR) is 136 cm³/mol. The lowest BCUT2D eigenvalue weighted by Crippen LogP contribution is -2.54. The van der Waals surface area contributed by atoms with Crippen LogP contribution < -0.4 is 5.32 Å². The zero-order chi connectivity index (χ0) is 26.3. The van der Waals surface area contributed by atoms with Crippen molar-refractivity contribution in [2.45, 2.75) is 57.2 Å². The van der Waals surface area contributed by atoms with Crippen LogP contribution in [-0.4, -0.2) is 65.6 Å². The van der Waals surface area contributed by atoms with E-state index >= 15 is 8.78 Å². The van der Waals surface area contributed by atoms with Crippen LogP contribution in [-0.2, 0) is 6.42 Å². The number of fused-ring (bicyclic) bond motifs is 3. The van der Waals surface area contributed by atoms with Gasteiger partial charge >= 0.3 is 0 Å². The Morgan fingerprint density at radius 3 is 2.46 bits per heavy atom. The number of nitrogens with zero attached hydrogens (tertiary/aromatic N) is 2. The molecule has 3 heterocycles. The van der Waals surface area contributed by atoms with Crippen molar-refractivity contribution in [1.82, 2.24) is 14.8 Å². The molecule has 2 aliphatic rings. The van der Waals surface area contributed by atoms with Gasteiger partial charge in [-0.3, -0.25) is 14.2 Å². The van der Waals surface area contributed by atoms with E-state index in [1.165, 1.54) is 19.1 Å². The van der Waals surface area contributed by atoms with Crippen LogP contribution in [0.25, 0.3) is 10.9 Å². The summed E-state index contributed by atoms with van der Waals surface area (Å²) in [5.74, 6) is -4.53. The van der Waals surface area contributed by atoms with Crippen LogP contribution in [0.4, 0.5) is 27.6 Å². The number of H-pyrrole nitrogens is 1. The Balaban J connectivity index is 1.51. The molecule has 0 saturated carbocycles. The van der Waals surface area contributed by atoms with Gasteiger partial charge in [0.15, 0.2) is 0 Å². The van der Waals surface area contributed by atoms with Gasteiger partial charge in [-0.1, -0.05) is 25.1 Å². The fourth-order valence-corrected chi connectivity index (χ4v) is 5.75. The Morgan fingerprint density at radius 1 is 1.08 bits per heavy atom. The number of rotatable bonds is 9. The molecular weight excluding hydrogens is 487 g/mol. The molecule has 1 aromatic heterocycles. The lowest BCUT2D eigenvalue weighted by molar-refractivity contribution is -0.0547. The molecule has 2 N–H and O–H groups in total. The van der Waals surface area contributed by atoms with Crippen LogP contribution in [0.15, 0.2) is 36.4 Å². The zero-order valence-corrected chi connectivity index (χ0v) is 21.1. The average Bonchev–Trinajstić information content (AvgIpc) is 3.19. The average molecular weight is 521 g/mol. The van der Waals surface area contributed by atoms with Gasteiger partial charge in [-0.2, -0.15) is 0 Å². The van der Waals surface area contributed by atoms with Gasteiger partial charge in [-0.25, -0.2) is 17.6 Å². The minimum atomic E-state index is -3.00. The second kappa shape index (κ2) is 10.3. The molecule has 0 amide bonds. The molecule has 1 fully saturated rings.